The van der Waals surface area contributed by atoms with Gasteiger partial charge in [-0.05, 0) is 309 Å². The van der Waals surface area contributed by atoms with Crippen molar-refractivity contribution in [2.75, 3.05) is 9.80 Å². The molecule has 0 fully saturated rings. The normalized spacial score (nSPS) is 13.8. The Morgan fingerprint density at radius 2 is 0.422 bits per heavy atom. The van der Waals surface area contributed by atoms with E-state index in [2.05, 4.69) is 533 Å². The number of nitrogens with zero attached hydrogens (tertiary/aromatic N) is 4. The molecule has 0 amide bonds. The van der Waals surface area contributed by atoms with Gasteiger partial charge in [0.05, 0.1) is 33.4 Å². The Kier molecular flexibility index (Phi) is 20.4. The standard InChI is InChI=1S/C142H135BN4/c1-134(2,3)90-58-50-84(51-59-90)105-70-88(82-38-30-28-31-39-82)71-106(85-52-60-91(61-53-85)135(4,5)6)132(105)146-115-76-95(144-117-78-109(139(16,17)18)101-46-34-42-97-98-43-35-47-102-110(140(19,20)21)79-118(144)128(124(98)102)127(117)123(97)101)66-68-113(115)143-114-69-67-96(145-119-80-111(141(22,23)24)103-48-36-44-99-100-45-37-49-104-112(142(25,26)27)81-120(145)130(126(100)104)129(119)125(99)103)77-116(114)147(122-75-94(138(13,14)15)74-121(146)131(122)143)133-107(86-54-62-92(63-55-86)136(7,8)9)72-89(83-40-32-29-33-41-83)73-108(133)87-56-64-93(65-57-87)137(10,11)12/h28-81H,1-27H3. The SMILES string of the molecule is CC(C)(C)c1ccc(-c2cc(-c3ccccc3)cc(-c3ccc(C(C)(C)C)cc3)c2N2c3cc(-n4c5cc(C(C)(C)C)c6cccc7c8cccc9c(C(C)(C)C)cc4c(c98)c5c67)ccc3B3c4ccc(-n5c6cc(C(C)(C)C)c7cccc8c9cccc%10c(C(C)(C)C)cc5c(c%109)c6c78)cc4N(c4c(-c5ccc(C(C)(C)C)cc5)cc(-c5ccccc5)cc4-c4ccc(C(C)(C)C)cc4)c4cc(C(C)(C)C)cc2c43)cc1. The van der Waals surface area contributed by atoms with Crippen LogP contribution >= 0.6 is 0 Å². The van der Waals surface area contributed by atoms with Crippen LogP contribution < -0.4 is 26.2 Å². The van der Waals surface area contributed by atoms with Gasteiger partial charge in [0.2, 0.25) is 0 Å². The molecule has 0 aliphatic carbocycles. The monoisotopic (exact) mass is 1910 g/mol. The molecular formula is C142H135BN4. The molecule has 25 rings (SSSR count). The van der Waals surface area contributed by atoms with Crippen LogP contribution in [-0.4, -0.2) is 15.8 Å². The van der Waals surface area contributed by atoms with Gasteiger partial charge in [-0.25, -0.2) is 0 Å². The summed E-state index contributed by atoms with van der Waals surface area (Å²) in [5.74, 6) is 0. The van der Waals surface area contributed by atoms with Gasteiger partial charge in [0.1, 0.15) is 0 Å². The minimum Gasteiger partial charge on any atom is -0.310 e. The number of aromatic nitrogens is 2. The van der Waals surface area contributed by atoms with Gasteiger partial charge < -0.3 is 18.9 Å². The first-order valence-corrected chi connectivity index (χ1v) is 53.6. The minimum atomic E-state index is -0.451. The first kappa shape index (κ1) is 93.5. The molecule has 5 heteroatoms. The molecule has 0 saturated carbocycles. The topological polar surface area (TPSA) is 16.3 Å². The molecule has 0 unspecified atom stereocenters. The third-order valence-corrected chi connectivity index (χ3v) is 33.4. The summed E-state index contributed by atoms with van der Waals surface area (Å²) >= 11 is 0. The van der Waals surface area contributed by atoms with Crippen LogP contribution in [0.1, 0.15) is 237 Å². The van der Waals surface area contributed by atoms with Gasteiger partial charge in [0, 0.05) is 77.9 Å². The van der Waals surface area contributed by atoms with Crippen molar-refractivity contribution in [2.45, 2.75) is 236 Å². The summed E-state index contributed by atoms with van der Waals surface area (Å²) in [6.07, 6.45) is 0. The molecule has 0 radical (unpaired) electrons. The fourth-order valence-corrected chi connectivity index (χ4v) is 25.7. The van der Waals surface area contributed by atoms with E-state index in [-0.39, 0.29) is 50.0 Å². The maximum Gasteiger partial charge on any atom is 0.252 e. The fourth-order valence-electron chi connectivity index (χ4n) is 25.7. The van der Waals surface area contributed by atoms with Crippen molar-refractivity contribution in [1.82, 2.24) is 9.13 Å². The van der Waals surface area contributed by atoms with E-state index in [9.17, 15) is 0 Å². The lowest BCUT2D eigenvalue weighted by Gasteiger charge is -2.46. The Labute approximate surface area is 869 Å². The molecule has 2 aliphatic heterocycles. The number of hydrogen-bond acceptors (Lipinski definition) is 2. The van der Waals surface area contributed by atoms with Gasteiger partial charge in [-0.15, -0.1) is 0 Å². The molecule has 2 aromatic heterocycles. The van der Waals surface area contributed by atoms with E-state index in [0.29, 0.717) is 0 Å². The van der Waals surface area contributed by atoms with Crippen LogP contribution in [-0.2, 0) is 48.7 Å². The second-order valence-corrected chi connectivity index (χ2v) is 52.5. The molecule has 2 aliphatic rings. The van der Waals surface area contributed by atoms with Crippen molar-refractivity contribution in [3.8, 4) is 78.1 Å². The predicted molar refractivity (Wildman–Crippen MR) is 640 cm³/mol. The largest absolute Gasteiger partial charge is 0.310 e. The third kappa shape index (κ3) is 14.5. The molecule has 21 aromatic carbocycles. The number of anilines is 6. The highest BCUT2D eigenvalue weighted by Gasteiger charge is 2.48. The van der Waals surface area contributed by atoms with Crippen LogP contribution in [0, 0.1) is 0 Å². The molecule has 4 heterocycles. The summed E-state index contributed by atoms with van der Waals surface area (Å²) < 4.78 is 5.47. The van der Waals surface area contributed by atoms with Gasteiger partial charge in [0.15, 0.2) is 0 Å². The van der Waals surface area contributed by atoms with E-state index < -0.39 is 5.41 Å². The summed E-state index contributed by atoms with van der Waals surface area (Å²) in [6, 6.07) is 132. The Hall–Kier alpha value is -14.5. The van der Waals surface area contributed by atoms with Crippen molar-refractivity contribution in [1.29, 1.82) is 0 Å². The molecule has 0 spiro atoms. The lowest BCUT2D eigenvalue weighted by Crippen LogP contribution is -2.61. The summed E-state index contributed by atoms with van der Waals surface area (Å²) in [5.41, 5.74) is 41.1. The van der Waals surface area contributed by atoms with E-state index in [0.717, 1.165) is 112 Å². The van der Waals surface area contributed by atoms with Crippen LogP contribution in [0.5, 0.6) is 0 Å². The Morgan fingerprint density at radius 1 is 0.177 bits per heavy atom. The van der Waals surface area contributed by atoms with Gasteiger partial charge in [-0.2, -0.15) is 0 Å². The third-order valence-electron chi connectivity index (χ3n) is 33.4. The lowest BCUT2D eigenvalue weighted by atomic mass is 9.33. The highest BCUT2D eigenvalue weighted by atomic mass is 15.2. The average Bonchev–Trinajstić information content (AvgIpc) is 1.66. The van der Waals surface area contributed by atoms with Crippen molar-refractivity contribution < 1.29 is 0 Å². The van der Waals surface area contributed by atoms with Gasteiger partial charge in [-0.1, -0.05) is 430 Å². The van der Waals surface area contributed by atoms with E-state index in [1.807, 2.05) is 0 Å². The maximum atomic E-state index is 2.84. The highest BCUT2D eigenvalue weighted by Crippen LogP contribution is 2.61. The van der Waals surface area contributed by atoms with E-state index >= 15 is 0 Å². The maximum absolute atomic E-state index is 2.84. The smallest absolute Gasteiger partial charge is 0.252 e. The minimum absolute atomic E-state index is 0.122. The molecule has 23 aromatic rings. The first-order chi connectivity index (χ1) is 69.6. The molecule has 4 nitrogen and oxygen atoms in total. The number of rotatable bonds is 10. The van der Waals surface area contributed by atoms with Crippen molar-refractivity contribution in [3.63, 3.8) is 0 Å². The quantitative estimate of drug-likeness (QED) is 0.0771. The number of hydrogen-bond donors (Lipinski definition) is 0. The molecule has 0 atom stereocenters. The van der Waals surface area contributed by atoms with Crippen LogP contribution in [0.25, 0.3) is 186 Å². The van der Waals surface area contributed by atoms with Crippen LogP contribution in [0.3, 0.4) is 0 Å². The summed E-state index contributed by atoms with van der Waals surface area (Å²) in [4.78, 5) is 5.69. The van der Waals surface area contributed by atoms with E-state index in [1.165, 1.54) is 175 Å². The van der Waals surface area contributed by atoms with Crippen molar-refractivity contribution in [3.05, 3.63) is 378 Å². The van der Waals surface area contributed by atoms with Crippen LogP contribution in [0.15, 0.2) is 328 Å². The van der Waals surface area contributed by atoms with E-state index in [4.69, 9.17) is 0 Å². The van der Waals surface area contributed by atoms with Crippen molar-refractivity contribution >= 4 is 165 Å². The second-order valence-electron chi connectivity index (χ2n) is 52.5. The van der Waals surface area contributed by atoms with Crippen LogP contribution in [0.2, 0.25) is 0 Å². The number of benzene rings is 21. The predicted octanol–water partition coefficient (Wildman–Crippen LogP) is 38.3. The molecule has 147 heavy (non-hydrogen) atoms. The fraction of sp³-hybridized carbons (Fsp3) is 0.254. The Balaban J connectivity index is 0.894. The molecule has 0 saturated heterocycles. The molecule has 0 N–H and O–H groups in total. The zero-order chi connectivity index (χ0) is 103. The summed E-state index contributed by atoms with van der Waals surface area (Å²) in [5, 5.41) is 21.2. The summed E-state index contributed by atoms with van der Waals surface area (Å²) in [6.45, 7) is 64.3. The van der Waals surface area contributed by atoms with Gasteiger partial charge in [-0.3, -0.25) is 0 Å². The molecule has 0 bridgehead atoms. The molecular weight excluding hydrogens is 1770 g/mol. The second kappa shape index (κ2) is 32.0. The number of fused-ring (bicyclic) bond motifs is 6. The van der Waals surface area contributed by atoms with E-state index in [1.54, 1.807) is 0 Å². The Morgan fingerprint density at radius 3 is 0.660 bits per heavy atom. The van der Waals surface area contributed by atoms with Crippen LogP contribution in [0.4, 0.5) is 34.1 Å². The van der Waals surface area contributed by atoms with Gasteiger partial charge in [0.25, 0.3) is 6.71 Å². The highest BCUT2D eigenvalue weighted by molar-refractivity contribution is 7.00. The average molecular weight is 1910 g/mol. The summed E-state index contributed by atoms with van der Waals surface area (Å²) in [7, 11) is 0. The zero-order valence-corrected chi connectivity index (χ0v) is 91.0. The Bertz CT molecular complexity index is 8390. The molecule has 726 valence electrons. The first-order valence-electron chi connectivity index (χ1n) is 53.6. The van der Waals surface area contributed by atoms with Crippen molar-refractivity contribution in [2.24, 2.45) is 0 Å². The lowest BCUT2D eigenvalue weighted by molar-refractivity contribution is 0.590. The zero-order valence-electron chi connectivity index (χ0n) is 91.0. The van der Waals surface area contributed by atoms with Gasteiger partial charge >= 0.3 is 0 Å².